The Labute approximate surface area is 310 Å². The van der Waals surface area contributed by atoms with Crippen LogP contribution in [0.4, 0.5) is 0 Å². The molecule has 0 saturated carbocycles. The molecule has 276 valence electrons. The maximum Gasteiger partial charge on any atom is 0.347 e. The van der Waals surface area contributed by atoms with Crippen LogP contribution in [0.2, 0.25) is 5.02 Å². The molecule has 2 aliphatic rings. The lowest BCUT2D eigenvalue weighted by molar-refractivity contribution is -0.174. The molecule has 2 amide bonds. The number of carbonyl (C=O) groups is 4. The predicted octanol–water partition coefficient (Wildman–Crippen LogP) is 6.10. The van der Waals surface area contributed by atoms with Gasteiger partial charge < -0.3 is 29.6 Å². The molecule has 2 heterocycles. The summed E-state index contributed by atoms with van der Waals surface area (Å²) in [5, 5.41) is 6.16. The molecule has 1 fully saturated rings. The van der Waals surface area contributed by atoms with E-state index in [-0.39, 0.29) is 49.7 Å². The summed E-state index contributed by atoms with van der Waals surface area (Å²) in [7, 11) is 1.51. The van der Waals surface area contributed by atoms with Gasteiger partial charge in [0.15, 0.2) is 6.10 Å². The van der Waals surface area contributed by atoms with Gasteiger partial charge in [0.25, 0.3) is 0 Å². The number of hydrogen-bond acceptors (Lipinski definition) is 8. The molecule has 3 aromatic rings. The number of cyclic esters (lactones) is 2. The third-order valence-corrected chi connectivity index (χ3v) is 9.55. The normalized spacial score (nSPS) is 25.7. The number of halogens is 1. The Morgan fingerprint density at radius 2 is 1.58 bits per heavy atom. The number of benzene rings is 3. The van der Waals surface area contributed by atoms with Crippen molar-refractivity contribution in [2.24, 2.45) is 11.8 Å². The Hall–Kier alpha value is -4.67. The van der Waals surface area contributed by atoms with Gasteiger partial charge in [0.2, 0.25) is 11.8 Å². The van der Waals surface area contributed by atoms with Crippen LogP contribution in [0.3, 0.4) is 0 Å². The first kappa shape index (κ1) is 38.6. The van der Waals surface area contributed by atoms with Crippen LogP contribution in [-0.4, -0.2) is 61.3 Å². The average molecular weight is 731 g/mol. The number of hydrogen-bond donors (Lipinski definition) is 2. The Morgan fingerprint density at radius 3 is 2.25 bits per heavy atom. The van der Waals surface area contributed by atoms with E-state index in [2.05, 4.69) is 10.6 Å². The molecule has 11 heteroatoms. The van der Waals surface area contributed by atoms with Crippen molar-refractivity contribution in [3.63, 3.8) is 0 Å². The number of amides is 2. The molecule has 10 nitrogen and oxygen atoms in total. The zero-order valence-corrected chi connectivity index (χ0v) is 30.7. The Bertz CT molecular complexity index is 1720. The molecule has 2 N–H and O–H groups in total. The molecule has 7 atom stereocenters. The summed E-state index contributed by atoms with van der Waals surface area (Å²) in [6.45, 7) is 5.80. The maximum absolute atomic E-state index is 14.0. The molecule has 0 aliphatic carbocycles. The van der Waals surface area contributed by atoms with Crippen molar-refractivity contribution in [2.45, 2.75) is 89.4 Å². The van der Waals surface area contributed by atoms with Crippen LogP contribution in [0.1, 0.15) is 62.8 Å². The van der Waals surface area contributed by atoms with E-state index >= 15 is 0 Å². The number of nitrogens with one attached hydrogen (secondary N) is 2. The van der Waals surface area contributed by atoms with Crippen LogP contribution in [0.15, 0.2) is 91.0 Å². The summed E-state index contributed by atoms with van der Waals surface area (Å²) in [5.41, 5.74) is 2.60. The molecule has 2 aliphatic heterocycles. The highest BCUT2D eigenvalue weighted by atomic mass is 35.5. The molecule has 0 bridgehead atoms. The van der Waals surface area contributed by atoms with Gasteiger partial charge in [-0.15, -0.1) is 0 Å². The molecule has 0 spiro atoms. The largest absolute Gasteiger partial charge is 0.495 e. The average Bonchev–Trinajstić information content (AvgIpc) is 3.92. The molecule has 3 aromatic carbocycles. The standard InChI is InChI=1S/C41H47ClN2O8/c1-25(2)20-35-41(48)51-33(26(3)38-39(52-38)29-14-9-6-10-15-29)16-11-17-36(45)44-32(23-28-18-19-34(49-4)31(42)22-28)40(47)43-30(24-37(46)50-35)21-27-12-7-5-8-13-27/h5-15,17-19,22,25-26,30,32-33,35,38-39H,16,20-21,23-24H2,1-4H3,(H,43,47)(H,44,45)/b17-11+/t26-,30+,32+,33-,35-,38?,39+/m0/s1. The predicted molar refractivity (Wildman–Crippen MR) is 197 cm³/mol. The fourth-order valence-electron chi connectivity index (χ4n) is 6.46. The van der Waals surface area contributed by atoms with Gasteiger partial charge in [-0.2, -0.15) is 0 Å². The molecule has 1 saturated heterocycles. The van der Waals surface area contributed by atoms with E-state index in [0.29, 0.717) is 22.8 Å². The highest BCUT2D eigenvalue weighted by Crippen LogP contribution is 2.45. The summed E-state index contributed by atoms with van der Waals surface area (Å²) in [6.07, 6.45) is 1.38. The lowest BCUT2D eigenvalue weighted by Crippen LogP contribution is -2.51. The Morgan fingerprint density at radius 1 is 0.865 bits per heavy atom. The van der Waals surface area contributed by atoms with Crippen LogP contribution in [-0.2, 0) is 46.2 Å². The van der Waals surface area contributed by atoms with Gasteiger partial charge in [-0.3, -0.25) is 14.4 Å². The van der Waals surface area contributed by atoms with Crippen LogP contribution < -0.4 is 15.4 Å². The number of ether oxygens (including phenoxy) is 4. The number of esters is 2. The lowest BCUT2D eigenvalue weighted by atomic mass is 9.93. The fourth-order valence-corrected chi connectivity index (χ4v) is 6.74. The van der Waals surface area contributed by atoms with Crippen molar-refractivity contribution < 1.29 is 38.1 Å². The zero-order valence-electron chi connectivity index (χ0n) is 30.0. The van der Waals surface area contributed by atoms with Crippen LogP contribution in [0.5, 0.6) is 5.75 Å². The highest BCUT2D eigenvalue weighted by Gasteiger charge is 2.47. The first-order valence-electron chi connectivity index (χ1n) is 17.7. The third-order valence-electron chi connectivity index (χ3n) is 9.26. The fraction of sp³-hybridized carbons (Fsp3) is 0.415. The SMILES string of the molecule is COc1ccc(C[C@H]2NC(=O)/C=C/C[C@@H]([C@H](C)C3O[C@@H]3c3ccccc3)OC(=O)[C@H](CC(C)C)OC(=O)C[C@@H](Cc3ccccc3)NC2=O)cc1Cl. The number of epoxide rings is 1. The Kier molecular flexibility index (Phi) is 13.5. The number of rotatable bonds is 10. The highest BCUT2D eigenvalue weighted by molar-refractivity contribution is 6.32. The van der Waals surface area contributed by atoms with Crippen molar-refractivity contribution in [3.8, 4) is 5.75 Å². The second-order valence-electron chi connectivity index (χ2n) is 13.8. The van der Waals surface area contributed by atoms with E-state index in [4.69, 9.17) is 30.5 Å². The minimum absolute atomic E-state index is 0.0108. The van der Waals surface area contributed by atoms with E-state index in [1.807, 2.05) is 81.4 Å². The van der Waals surface area contributed by atoms with Gasteiger partial charge in [0.1, 0.15) is 24.0 Å². The molecule has 0 aromatic heterocycles. The Balaban J connectivity index is 1.44. The summed E-state index contributed by atoms with van der Waals surface area (Å²) < 4.78 is 23.3. The lowest BCUT2D eigenvalue weighted by Gasteiger charge is -2.27. The monoisotopic (exact) mass is 730 g/mol. The minimum Gasteiger partial charge on any atom is -0.495 e. The third kappa shape index (κ3) is 10.9. The van der Waals surface area contributed by atoms with Crippen molar-refractivity contribution in [2.75, 3.05) is 7.11 Å². The van der Waals surface area contributed by atoms with Crippen LogP contribution >= 0.6 is 11.6 Å². The first-order chi connectivity index (χ1) is 25.0. The molecule has 1 unspecified atom stereocenters. The van der Waals surface area contributed by atoms with Gasteiger partial charge >= 0.3 is 11.9 Å². The second kappa shape index (κ2) is 18.2. The topological polar surface area (TPSA) is 133 Å². The number of methoxy groups -OCH3 is 1. The van der Waals surface area contributed by atoms with Crippen LogP contribution in [0, 0.1) is 11.8 Å². The summed E-state index contributed by atoms with van der Waals surface area (Å²) >= 11 is 6.39. The molecular formula is C41H47ClN2O8. The first-order valence-corrected chi connectivity index (χ1v) is 18.1. The molecule has 52 heavy (non-hydrogen) atoms. The van der Waals surface area contributed by atoms with E-state index in [0.717, 1.165) is 11.1 Å². The maximum atomic E-state index is 14.0. The summed E-state index contributed by atoms with van der Waals surface area (Å²) in [6, 6.07) is 22.6. The van der Waals surface area contributed by atoms with Gasteiger partial charge in [-0.1, -0.05) is 105 Å². The zero-order chi connectivity index (χ0) is 37.2. The molecule has 0 radical (unpaired) electrons. The minimum atomic E-state index is -1.16. The molecule has 5 rings (SSSR count). The van der Waals surface area contributed by atoms with Gasteiger partial charge in [0, 0.05) is 24.8 Å². The quantitative estimate of drug-likeness (QED) is 0.189. The van der Waals surface area contributed by atoms with Gasteiger partial charge in [-0.05, 0) is 53.7 Å². The van der Waals surface area contributed by atoms with Crippen molar-refractivity contribution in [3.05, 3.63) is 113 Å². The smallest absolute Gasteiger partial charge is 0.347 e. The number of carbonyl (C=O) groups excluding carboxylic acids is 4. The molecular weight excluding hydrogens is 684 g/mol. The van der Waals surface area contributed by atoms with E-state index < -0.39 is 48.0 Å². The summed E-state index contributed by atoms with van der Waals surface area (Å²) in [5.74, 6) is -2.09. The van der Waals surface area contributed by atoms with Gasteiger partial charge in [-0.25, -0.2) is 4.79 Å². The van der Waals surface area contributed by atoms with Crippen molar-refractivity contribution >= 4 is 35.4 Å². The van der Waals surface area contributed by atoms with Crippen molar-refractivity contribution in [1.29, 1.82) is 0 Å². The summed E-state index contributed by atoms with van der Waals surface area (Å²) in [4.78, 5) is 54.6. The second-order valence-corrected chi connectivity index (χ2v) is 14.3. The van der Waals surface area contributed by atoms with Crippen LogP contribution in [0.25, 0.3) is 0 Å². The van der Waals surface area contributed by atoms with Crippen molar-refractivity contribution in [1.82, 2.24) is 10.6 Å². The van der Waals surface area contributed by atoms with E-state index in [9.17, 15) is 19.2 Å². The van der Waals surface area contributed by atoms with Gasteiger partial charge in [0.05, 0.1) is 24.7 Å². The van der Waals surface area contributed by atoms with E-state index in [1.54, 1.807) is 24.3 Å². The van der Waals surface area contributed by atoms with E-state index in [1.165, 1.54) is 13.2 Å².